The van der Waals surface area contributed by atoms with Gasteiger partial charge in [0.1, 0.15) is 5.82 Å². The molecule has 2 heterocycles. The van der Waals surface area contributed by atoms with E-state index < -0.39 is 9.84 Å². The van der Waals surface area contributed by atoms with Gasteiger partial charge in [0.2, 0.25) is 5.91 Å². The lowest BCUT2D eigenvalue weighted by atomic mass is 10.1. The van der Waals surface area contributed by atoms with Crippen LogP contribution in [0.3, 0.4) is 0 Å². The van der Waals surface area contributed by atoms with E-state index in [1.165, 1.54) is 6.92 Å². The molecule has 0 aliphatic rings. The Kier molecular flexibility index (Phi) is 6.18. The third-order valence-electron chi connectivity index (χ3n) is 4.18. The minimum absolute atomic E-state index is 0.176. The molecule has 0 aliphatic heterocycles. The molecule has 158 valence electrons. The van der Waals surface area contributed by atoms with Crippen LogP contribution in [0.2, 0.25) is 0 Å². The van der Waals surface area contributed by atoms with Crippen molar-refractivity contribution in [2.75, 3.05) is 24.0 Å². The Labute approximate surface area is 175 Å². The lowest BCUT2D eigenvalue weighted by Gasteiger charge is -2.15. The topological polar surface area (TPSA) is 115 Å². The molecular weight excluding hydrogens is 406 g/mol. The highest BCUT2D eigenvalue weighted by Gasteiger charge is 2.14. The number of carbonyl (C=O) groups excluding carboxylic acids is 1. The van der Waals surface area contributed by atoms with Crippen molar-refractivity contribution in [3.8, 4) is 11.3 Å². The van der Waals surface area contributed by atoms with E-state index in [1.54, 1.807) is 42.3 Å². The van der Waals surface area contributed by atoms with Gasteiger partial charge in [0.15, 0.2) is 9.84 Å². The third kappa shape index (κ3) is 5.22. The molecule has 30 heavy (non-hydrogen) atoms. The van der Waals surface area contributed by atoms with Gasteiger partial charge in [-0.1, -0.05) is 0 Å². The molecule has 0 radical (unpaired) electrons. The maximum Gasteiger partial charge on any atom is 0.222 e. The van der Waals surface area contributed by atoms with E-state index >= 15 is 0 Å². The Balaban J connectivity index is 2.09. The number of anilines is 3. The number of aryl methyl sites for hydroxylation is 1. The zero-order chi connectivity index (χ0) is 21.9. The average Bonchev–Trinajstić information content (AvgIpc) is 3.07. The summed E-state index contributed by atoms with van der Waals surface area (Å²) in [6.45, 7) is 1.66. The van der Waals surface area contributed by atoms with Crippen LogP contribution in [0.15, 0.2) is 47.6 Å². The van der Waals surface area contributed by atoms with Gasteiger partial charge >= 0.3 is 0 Å². The van der Waals surface area contributed by atoms with E-state index in [2.05, 4.69) is 20.7 Å². The molecule has 0 atom stereocenters. The molecule has 0 aliphatic carbocycles. The van der Waals surface area contributed by atoms with Gasteiger partial charge in [-0.3, -0.25) is 9.48 Å². The fraction of sp³-hybridized carbons (Fsp3) is 0.250. The number of amides is 1. The lowest BCUT2D eigenvalue weighted by molar-refractivity contribution is -0.114. The summed E-state index contributed by atoms with van der Waals surface area (Å²) in [4.78, 5) is 15.9. The van der Waals surface area contributed by atoms with Crippen LogP contribution in [0, 0.1) is 0 Å². The van der Waals surface area contributed by atoms with E-state index in [0.717, 1.165) is 6.26 Å². The molecule has 9 nitrogen and oxygen atoms in total. The standard InChI is InChI=1S/C20H23N5O4S/c1-13(26)22-20-10-19(17(11-21-20)18-5-6-25(2)24-18)23-15-7-14(12-29-3)8-16(9-15)30(4,27)28/h5-11H,12H2,1-4H3,(H2,21,22,23,26). The number of hydrogen-bond acceptors (Lipinski definition) is 7. The Hall–Kier alpha value is -3.24. The van der Waals surface area contributed by atoms with Gasteiger partial charge < -0.3 is 15.4 Å². The smallest absolute Gasteiger partial charge is 0.222 e. The lowest BCUT2D eigenvalue weighted by Crippen LogP contribution is -2.08. The first-order valence-corrected chi connectivity index (χ1v) is 10.9. The van der Waals surface area contributed by atoms with E-state index in [0.29, 0.717) is 34.0 Å². The number of nitrogens with one attached hydrogen (secondary N) is 2. The molecule has 1 aromatic carbocycles. The number of carbonyl (C=O) groups is 1. The number of benzene rings is 1. The van der Waals surface area contributed by atoms with Crippen LogP contribution in [0.5, 0.6) is 0 Å². The maximum atomic E-state index is 12.1. The van der Waals surface area contributed by atoms with Gasteiger partial charge in [0, 0.05) is 57.0 Å². The highest BCUT2D eigenvalue weighted by Crippen LogP contribution is 2.32. The van der Waals surface area contributed by atoms with Crippen LogP contribution in [0.4, 0.5) is 17.2 Å². The second-order valence-electron chi connectivity index (χ2n) is 6.87. The van der Waals surface area contributed by atoms with Crippen molar-refractivity contribution in [3.63, 3.8) is 0 Å². The normalized spacial score (nSPS) is 11.3. The van der Waals surface area contributed by atoms with Gasteiger partial charge in [-0.05, 0) is 29.8 Å². The van der Waals surface area contributed by atoms with Crippen LogP contribution in [0.25, 0.3) is 11.3 Å². The molecule has 10 heteroatoms. The second-order valence-corrected chi connectivity index (χ2v) is 8.88. The third-order valence-corrected chi connectivity index (χ3v) is 5.27. The van der Waals surface area contributed by atoms with Gasteiger partial charge in [0.05, 0.1) is 22.9 Å². The molecule has 2 N–H and O–H groups in total. The highest BCUT2D eigenvalue weighted by atomic mass is 32.2. The molecule has 0 fully saturated rings. The minimum Gasteiger partial charge on any atom is -0.380 e. The number of aromatic nitrogens is 3. The number of pyridine rings is 1. The fourth-order valence-corrected chi connectivity index (χ4v) is 3.63. The second kappa shape index (κ2) is 8.64. The first-order chi connectivity index (χ1) is 14.2. The first-order valence-electron chi connectivity index (χ1n) is 9.03. The van der Waals surface area contributed by atoms with Gasteiger partial charge in [0.25, 0.3) is 0 Å². The predicted molar refractivity (Wildman–Crippen MR) is 114 cm³/mol. The average molecular weight is 430 g/mol. The quantitative estimate of drug-likeness (QED) is 0.593. The summed E-state index contributed by atoms with van der Waals surface area (Å²) in [7, 11) is -0.0705. The maximum absolute atomic E-state index is 12.1. The summed E-state index contributed by atoms with van der Waals surface area (Å²) in [6, 6.07) is 8.45. The van der Waals surface area contributed by atoms with Crippen molar-refractivity contribution in [1.29, 1.82) is 0 Å². The van der Waals surface area contributed by atoms with Crippen molar-refractivity contribution in [2.45, 2.75) is 18.4 Å². The van der Waals surface area contributed by atoms with Crippen LogP contribution in [-0.4, -0.2) is 42.5 Å². The molecule has 0 saturated carbocycles. The van der Waals surface area contributed by atoms with Crippen molar-refractivity contribution < 1.29 is 17.9 Å². The van der Waals surface area contributed by atoms with Crippen LogP contribution >= 0.6 is 0 Å². The molecule has 0 spiro atoms. The summed E-state index contributed by atoms with van der Waals surface area (Å²) < 4.78 is 31.1. The summed E-state index contributed by atoms with van der Waals surface area (Å²) >= 11 is 0. The van der Waals surface area contributed by atoms with Gasteiger partial charge in [-0.15, -0.1) is 0 Å². The number of nitrogens with zero attached hydrogens (tertiary/aromatic N) is 3. The number of hydrogen-bond donors (Lipinski definition) is 2. The van der Waals surface area contributed by atoms with E-state index in [4.69, 9.17) is 4.74 Å². The first kappa shape index (κ1) is 21.5. The summed E-state index contributed by atoms with van der Waals surface area (Å²) in [6.07, 6.45) is 4.57. The molecule has 0 unspecified atom stereocenters. The number of methoxy groups -OCH3 is 1. The van der Waals surface area contributed by atoms with Crippen molar-refractivity contribution in [1.82, 2.24) is 14.8 Å². The molecule has 1 amide bonds. The van der Waals surface area contributed by atoms with E-state index in [9.17, 15) is 13.2 Å². The molecule has 0 saturated heterocycles. The van der Waals surface area contributed by atoms with E-state index in [-0.39, 0.29) is 17.4 Å². The predicted octanol–water partition coefficient (Wildman–Crippen LogP) is 2.73. The monoisotopic (exact) mass is 429 g/mol. The van der Waals surface area contributed by atoms with Crippen molar-refractivity contribution >= 4 is 32.9 Å². The van der Waals surface area contributed by atoms with Crippen molar-refractivity contribution in [3.05, 3.63) is 48.3 Å². The SMILES string of the molecule is COCc1cc(Nc2cc(NC(C)=O)ncc2-c2ccn(C)n2)cc(S(C)(=O)=O)c1. The Morgan fingerprint density at radius 2 is 2.00 bits per heavy atom. The van der Waals surface area contributed by atoms with Gasteiger partial charge in [-0.25, -0.2) is 13.4 Å². The molecular formula is C20H23N5O4S. The summed E-state index contributed by atoms with van der Waals surface area (Å²) in [5.41, 5.74) is 3.25. The molecule has 2 aromatic heterocycles. The van der Waals surface area contributed by atoms with Crippen LogP contribution < -0.4 is 10.6 Å². The zero-order valence-corrected chi connectivity index (χ0v) is 17.9. The molecule has 3 aromatic rings. The largest absolute Gasteiger partial charge is 0.380 e. The number of rotatable bonds is 7. The Morgan fingerprint density at radius 3 is 2.60 bits per heavy atom. The Bertz CT molecular complexity index is 1190. The zero-order valence-electron chi connectivity index (χ0n) is 17.1. The minimum atomic E-state index is -3.42. The highest BCUT2D eigenvalue weighted by molar-refractivity contribution is 7.90. The van der Waals surface area contributed by atoms with E-state index in [1.807, 2.05) is 19.3 Å². The summed E-state index contributed by atoms with van der Waals surface area (Å²) in [5, 5.41) is 10.3. The number of ether oxygens (including phenoxy) is 1. The van der Waals surface area contributed by atoms with Crippen molar-refractivity contribution in [2.24, 2.45) is 7.05 Å². The van der Waals surface area contributed by atoms with Crippen LogP contribution in [0.1, 0.15) is 12.5 Å². The molecule has 3 rings (SSSR count). The number of sulfone groups is 1. The van der Waals surface area contributed by atoms with Gasteiger partial charge in [-0.2, -0.15) is 5.10 Å². The molecule has 0 bridgehead atoms. The fourth-order valence-electron chi connectivity index (χ4n) is 2.92. The van der Waals surface area contributed by atoms with Crippen LogP contribution in [-0.2, 0) is 33.0 Å². The summed E-state index contributed by atoms with van der Waals surface area (Å²) in [5.74, 6) is 0.113. The Morgan fingerprint density at radius 1 is 1.23 bits per heavy atom.